The van der Waals surface area contributed by atoms with Gasteiger partial charge in [-0.2, -0.15) is 0 Å². The maximum absolute atomic E-state index is 12.4. The van der Waals surface area contributed by atoms with Crippen molar-refractivity contribution in [2.24, 2.45) is 10.9 Å². The third kappa shape index (κ3) is 9.99. The Morgan fingerprint density at radius 3 is 2.31 bits per heavy atom. The summed E-state index contributed by atoms with van der Waals surface area (Å²) in [4.78, 5) is 19.3. The van der Waals surface area contributed by atoms with E-state index >= 15 is 0 Å². The van der Waals surface area contributed by atoms with Gasteiger partial charge >= 0.3 is 6.09 Å². The fourth-order valence-corrected chi connectivity index (χ4v) is 4.23. The fourth-order valence-electron chi connectivity index (χ4n) is 4.23. The van der Waals surface area contributed by atoms with E-state index in [0.29, 0.717) is 18.5 Å². The summed E-state index contributed by atoms with van der Waals surface area (Å²) in [5, 5.41) is 10.1. The normalized spacial score (nSPS) is 21.1. The molecule has 2 rings (SSSR count). The molecule has 9 heteroatoms. The van der Waals surface area contributed by atoms with Gasteiger partial charge in [-0.05, 0) is 58.8 Å². The summed E-state index contributed by atoms with van der Waals surface area (Å²) in [6.07, 6.45) is 4.64. The van der Waals surface area contributed by atoms with Crippen LogP contribution in [0.25, 0.3) is 0 Å². The van der Waals surface area contributed by atoms with E-state index < -0.39 is 5.60 Å². The Labute approximate surface area is 212 Å². The highest BCUT2D eigenvalue weighted by atomic mass is 127. The molecule has 0 saturated carbocycles. The van der Waals surface area contributed by atoms with Crippen LogP contribution in [-0.4, -0.2) is 80.6 Å². The fraction of sp³-hybridized carbons (Fsp3) is 0.913. The van der Waals surface area contributed by atoms with Crippen molar-refractivity contribution in [2.45, 2.75) is 83.9 Å². The first-order valence-electron chi connectivity index (χ1n) is 12.0. The number of likely N-dealkylation sites (tertiary alicyclic amines) is 1. The van der Waals surface area contributed by atoms with Gasteiger partial charge in [0, 0.05) is 45.9 Å². The smallest absolute Gasteiger partial charge is 0.408 e. The number of piperidine rings is 1. The molecule has 0 radical (unpaired) electrons. The van der Waals surface area contributed by atoms with Crippen LogP contribution in [0.15, 0.2) is 4.99 Å². The lowest BCUT2D eigenvalue weighted by molar-refractivity contribution is 0.0448. The van der Waals surface area contributed by atoms with E-state index in [0.717, 1.165) is 64.5 Å². The Balaban J connectivity index is 0.00000512. The highest BCUT2D eigenvalue weighted by Crippen LogP contribution is 2.18. The minimum atomic E-state index is -0.512. The first-order valence-corrected chi connectivity index (χ1v) is 12.0. The van der Waals surface area contributed by atoms with Crippen LogP contribution in [0.3, 0.4) is 0 Å². The van der Waals surface area contributed by atoms with Crippen molar-refractivity contribution in [1.29, 1.82) is 0 Å². The van der Waals surface area contributed by atoms with Crippen molar-refractivity contribution in [3.8, 4) is 0 Å². The van der Waals surface area contributed by atoms with Gasteiger partial charge in [0.2, 0.25) is 0 Å². The SMILES string of the molecule is CCC(CC)(CNC(=NC)NC1CCN(CC2CCOC2)CC1)NC(=O)OC(C)(C)C.I. The topological polar surface area (TPSA) is 87.2 Å². The highest BCUT2D eigenvalue weighted by Gasteiger charge is 2.31. The Bertz CT molecular complexity index is 579. The van der Waals surface area contributed by atoms with Crippen LogP contribution in [-0.2, 0) is 9.47 Å². The zero-order valence-corrected chi connectivity index (χ0v) is 23.3. The molecule has 2 heterocycles. The molecule has 0 spiro atoms. The minimum absolute atomic E-state index is 0. The molecule has 0 aliphatic carbocycles. The summed E-state index contributed by atoms with van der Waals surface area (Å²) in [5.74, 6) is 1.49. The molecule has 1 unspecified atom stereocenters. The molecule has 8 nitrogen and oxygen atoms in total. The molecule has 0 aromatic carbocycles. The number of carbonyl (C=O) groups is 1. The van der Waals surface area contributed by atoms with Gasteiger partial charge in [0.1, 0.15) is 5.60 Å². The number of halogens is 1. The second kappa shape index (κ2) is 13.8. The van der Waals surface area contributed by atoms with E-state index in [-0.39, 0.29) is 35.6 Å². The molecule has 2 fully saturated rings. The molecule has 1 atom stereocenters. The largest absolute Gasteiger partial charge is 0.444 e. The number of rotatable bonds is 8. The number of carbonyl (C=O) groups excluding carboxylic acids is 1. The first kappa shape index (κ1) is 29.2. The minimum Gasteiger partial charge on any atom is -0.444 e. The molecule has 32 heavy (non-hydrogen) atoms. The molecule has 1 amide bonds. The van der Waals surface area contributed by atoms with E-state index in [1.54, 1.807) is 7.05 Å². The molecule has 0 aromatic rings. The maximum Gasteiger partial charge on any atom is 0.408 e. The average Bonchev–Trinajstić information content (AvgIpc) is 3.23. The third-order valence-electron chi connectivity index (χ3n) is 6.41. The number of hydrogen-bond donors (Lipinski definition) is 3. The number of nitrogens with zero attached hydrogens (tertiary/aromatic N) is 2. The van der Waals surface area contributed by atoms with Gasteiger partial charge in [-0.15, -0.1) is 24.0 Å². The number of aliphatic imine (C=N–C) groups is 1. The Kier molecular flexibility index (Phi) is 12.6. The lowest BCUT2D eigenvalue weighted by Crippen LogP contribution is -2.58. The van der Waals surface area contributed by atoms with Crippen LogP contribution < -0.4 is 16.0 Å². The number of guanidine groups is 1. The first-order chi connectivity index (χ1) is 14.7. The second-order valence-corrected chi connectivity index (χ2v) is 9.99. The predicted octanol–water partition coefficient (Wildman–Crippen LogP) is 3.35. The highest BCUT2D eigenvalue weighted by molar-refractivity contribution is 14.0. The number of alkyl carbamates (subject to hydrolysis) is 1. The molecule has 2 aliphatic rings. The summed E-state index contributed by atoms with van der Waals surface area (Å²) in [5.41, 5.74) is -0.894. The number of nitrogens with one attached hydrogen (secondary N) is 3. The third-order valence-corrected chi connectivity index (χ3v) is 6.41. The van der Waals surface area contributed by atoms with E-state index in [4.69, 9.17) is 9.47 Å². The summed E-state index contributed by atoms with van der Waals surface area (Å²) in [6, 6.07) is 0.416. The summed E-state index contributed by atoms with van der Waals surface area (Å²) in [6.45, 7) is 15.6. The number of ether oxygens (including phenoxy) is 2. The quantitative estimate of drug-likeness (QED) is 0.237. The second-order valence-electron chi connectivity index (χ2n) is 9.99. The van der Waals surface area contributed by atoms with Gasteiger partial charge in [0.15, 0.2) is 5.96 Å². The van der Waals surface area contributed by atoms with Gasteiger partial charge in [-0.3, -0.25) is 4.99 Å². The van der Waals surface area contributed by atoms with Crippen molar-refractivity contribution in [3.05, 3.63) is 0 Å². The van der Waals surface area contributed by atoms with Crippen LogP contribution in [0.5, 0.6) is 0 Å². The predicted molar refractivity (Wildman–Crippen MR) is 141 cm³/mol. The number of hydrogen-bond acceptors (Lipinski definition) is 5. The van der Waals surface area contributed by atoms with E-state index in [1.165, 1.54) is 6.42 Å². The van der Waals surface area contributed by atoms with Crippen LogP contribution in [0.2, 0.25) is 0 Å². The van der Waals surface area contributed by atoms with Crippen LogP contribution >= 0.6 is 24.0 Å². The number of amides is 1. The van der Waals surface area contributed by atoms with E-state index in [1.807, 2.05) is 20.8 Å². The monoisotopic (exact) mass is 567 g/mol. The molecule has 2 saturated heterocycles. The zero-order chi connectivity index (χ0) is 22.9. The van der Waals surface area contributed by atoms with Gasteiger partial charge in [-0.1, -0.05) is 13.8 Å². The van der Waals surface area contributed by atoms with Gasteiger partial charge in [0.05, 0.1) is 12.1 Å². The maximum atomic E-state index is 12.4. The van der Waals surface area contributed by atoms with Gasteiger partial charge in [0.25, 0.3) is 0 Å². The Hall–Kier alpha value is -0.810. The molecular weight excluding hydrogens is 521 g/mol. The van der Waals surface area contributed by atoms with E-state index in [9.17, 15) is 4.79 Å². The molecule has 188 valence electrons. The molecule has 2 aliphatic heterocycles. The average molecular weight is 568 g/mol. The Morgan fingerprint density at radius 2 is 1.81 bits per heavy atom. The molecule has 3 N–H and O–H groups in total. The summed E-state index contributed by atoms with van der Waals surface area (Å²) in [7, 11) is 1.80. The van der Waals surface area contributed by atoms with Crippen molar-refractivity contribution >= 4 is 36.0 Å². The zero-order valence-electron chi connectivity index (χ0n) is 21.0. The van der Waals surface area contributed by atoms with Crippen molar-refractivity contribution in [2.75, 3.05) is 46.4 Å². The summed E-state index contributed by atoms with van der Waals surface area (Å²) < 4.78 is 11.0. The molecule has 0 aromatic heterocycles. The lowest BCUT2D eigenvalue weighted by Gasteiger charge is -2.36. The van der Waals surface area contributed by atoms with Crippen LogP contribution in [0, 0.1) is 5.92 Å². The van der Waals surface area contributed by atoms with Gasteiger partial charge < -0.3 is 30.3 Å². The Morgan fingerprint density at radius 1 is 1.16 bits per heavy atom. The summed E-state index contributed by atoms with van der Waals surface area (Å²) >= 11 is 0. The van der Waals surface area contributed by atoms with E-state index in [2.05, 4.69) is 39.7 Å². The van der Waals surface area contributed by atoms with Gasteiger partial charge in [-0.25, -0.2) is 4.79 Å². The van der Waals surface area contributed by atoms with Crippen LogP contribution in [0.4, 0.5) is 4.79 Å². The van der Waals surface area contributed by atoms with Crippen molar-refractivity contribution < 1.29 is 14.3 Å². The van der Waals surface area contributed by atoms with Crippen molar-refractivity contribution in [3.63, 3.8) is 0 Å². The van der Waals surface area contributed by atoms with Crippen LogP contribution in [0.1, 0.15) is 66.7 Å². The standard InChI is InChI=1S/C23H45N5O3.HI/c1-7-23(8-2,27-21(29)31-22(3,4)5)17-25-20(24-6)26-19-9-12-28(13-10-19)15-18-11-14-30-16-18;/h18-19H,7-17H2,1-6H3,(H,27,29)(H2,24,25,26);1H. The molecule has 0 bridgehead atoms. The van der Waals surface area contributed by atoms with Crippen molar-refractivity contribution in [1.82, 2.24) is 20.9 Å². The molecular formula is C23H46IN5O3. The lowest BCUT2D eigenvalue weighted by atomic mass is 9.93.